The van der Waals surface area contributed by atoms with Gasteiger partial charge in [0.25, 0.3) is 0 Å². The summed E-state index contributed by atoms with van der Waals surface area (Å²) < 4.78 is 0.294. The van der Waals surface area contributed by atoms with Crippen LogP contribution in [0.4, 0.5) is 0 Å². The van der Waals surface area contributed by atoms with Gasteiger partial charge in [-0.2, -0.15) is 0 Å². The topological polar surface area (TPSA) is 44.0 Å². The molecule has 2 unspecified atom stereocenters. The van der Waals surface area contributed by atoms with Crippen molar-refractivity contribution in [1.29, 1.82) is 5.26 Å². The number of unbranched alkanes of at least 4 members (excludes halogenated alkanes) is 7. The number of hydrogen-bond acceptors (Lipinski definition) is 2. The van der Waals surface area contributed by atoms with Crippen molar-refractivity contribution < 1.29 is 5.11 Å². The van der Waals surface area contributed by atoms with Crippen molar-refractivity contribution in [3.05, 3.63) is 0 Å². The third kappa shape index (κ3) is 10.5. The first kappa shape index (κ1) is 19.1. The van der Waals surface area contributed by atoms with Crippen molar-refractivity contribution >= 4 is 21.9 Å². The molecule has 0 aromatic rings. The number of nitriles is 1. The average Bonchev–Trinajstić information content (AvgIpc) is 2.38. The molecule has 0 aromatic heterocycles. The molecule has 2 nitrogen and oxygen atoms in total. The molecule has 0 saturated carbocycles. The first-order valence-electron chi connectivity index (χ1n) is 7.84. The van der Waals surface area contributed by atoms with E-state index < -0.39 is 14.7 Å². The number of aliphatic hydroxyl groups is 1. The van der Waals surface area contributed by atoms with E-state index in [1.165, 1.54) is 44.9 Å². The van der Waals surface area contributed by atoms with Crippen molar-refractivity contribution in [2.75, 3.05) is 0 Å². The maximum atomic E-state index is 10.2. The summed E-state index contributed by atoms with van der Waals surface area (Å²) in [6, 6.07) is 0. The summed E-state index contributed by atoms with van der Waals surface area (Å²) in [6.45, 7) is 2.25. The first-order valence-corrected chi connectivity index (χ1v) is 12.7. The summed E-state index contributed by atoms with van der Waals surface area (Å²) in [5, 5.41) is 19.0. The van der Waals surface area contributed by atoms with Crippen LogP contribution in [0.1, 0.15) is 64.7 Å². The van der Waals surface area contributed by atoms with Gasteiger partial charge >= 0.3 is 125 Å². The summed E-state index contributed by atoms with van der Waals surface area (Å²) in [4.78, 5) is 0. The van der Waals surface area contributed by atoms with Crippen LogP contribution in [-0.2, 0) is 0 Å². The fourth-order valence-electron chi connectivity index (χ4n) is 2.44. The third-order valence-electron chi connectivity index (χ3n) is 3.76. The minimum absolute atomic E-state index is 0.227. The molecule has 19 heavy (non-hydrogen) atoms. The van der Waals surface area contributed by atoms with Gasteiger partial charge in [0.05, 0.1) is 0 Å². The van der Waals surface area contributed by atoms with Gasteiger partial charge in [0.2, 0.25) is 0 Å². The molecule has 0 saturated heterocycles. The summed E-state index contributed by atoms with van der Waals surface area (Å²) in [6.07, 6.45) is 11.1. The van der Waals surface area contributed by atoms with Crippen LogP contribution in [0.2, 0.25) is 16.0 Å². The SMILES string of the molecule is CCCCCCCCCCC(O)C(BC#N)[As](C)C. The van der Waals surface area contributed by atoms with Gasteiger partial charge in [-0.3, -0.25) is 0 Å². The zero-order chi connectivity index (χ0) is 14.5. The predicted octanol–water partition coefficient (Wildman–Crippen LogP) is 3.88. The van der Waals surface area contributed by atoms with Crippen LogP contribution in [0.25, 0.3) is 0 Å². The average molecular weight is 327 g/mol. The van der Waals surface area contributed by atoms with Gasteiger partial charge in [0.15, 0.2) is 0 Å². The van der Waals surface area contributed by atoms with E-state index in [0.29, 0.717) is 11.9 Å². The molecule has 0 bridgehead atoms. The zero-order valence-electron chi connectivity index (χ0n) is 13.1. The number of aliphatic hydroxyl groups excluding tert-OH is 1. The van der Waals surface area contributed by atoms with E-state index in [-0.39, 0.29) is 6.10 Å². The van der Waals surface area contributed by atoms with Gasteiger partial charge < -0.3 is 0 Å². The predicted molar refractivity (Wildman–Crippen MR) is 87.2 cm³/mol. The minimum atomic E-state index is -0.977. The monoisotopic (exact) mass is 327 g/mol. The van der Waals surface area contributed by atoms with Crippen LogP contribution in [0.5, 0.6) is 0 Å². The molecule has 0 aliphatic rings. The standard InChI is InChI=1S/C15H31AsBNO/c1-4-5-6-7-8-9-10-11-12-14(19)15(16(2)3)17-13-18/h14-15,17,19H,4-12H2,1-3H3. The molecule has 0 amide bonds. The fraction of sp³-hybridized carbons (Fsp3) is 0.933. The van der Waals surface area contributed by atoms with Crippen molar-refractivity contribution in [3.63, 3.8) is 0 Å². The Labute approximate surface area is 125 Å². The van der Waals surface area contributed by atoms with E-state index in [2.05, 4.69) is 24.3 Å². The second-order valence-corrected chi connectivity index (χ2v) is 11.2. The Morgan fingerprint density at radius 2 is 1.58 bits per heavy atom. The molecular weight excluding hydrogens is 296 g/mol. The molecule has 2 atom stereocenters. The zero-order valence-corrected chi connectivity index (χ0v) is 14.9. The molecule has 0 aliphatic carbocycles. The van der Waals surface area contributed by atoms with Crippen molar-refractivity contribution in [1.82, 2.24) is 0 Å². The van der Waals surface area contributed by atoms with E-state index in [4.69, 9.17) is 5.26 Å². The van der Waals surface area contributed by atoms with E-state index in [1.807, 2.05) is 0 Å². The maximum absolute atomic E-state index is 10.2. The van der Waals surface area contributed by atoms with Crippen LogP contribution >= 0.6 is 0 Å². The second-order valence-electron chi connectivity index (χ2n) is 5.72. The fourth-order valence-corrected chi connectivity index (χ4v) is 5.13. The van der Waals surface area contributed by atoms with E-state index in [1.54, 1.807) is 0 Å². The van der Waals surface area contributed by atoms with Crippen LogP contribution in [0, 0.1) is 11.2 Å². The molecule has 0 aromatic carbocycles. The quantitative estimate of drug-likeness (QED) is 0.437. The number of rotatable bonds is 12. The van der Waals surface area contributed by atoms with Crippen LogP contribution < -0.4 is 0 Å². The van der Waals surface area contributed by atoms with E-state index in [9.17, 15) is 5.11 Å². The van der Waals surface area contributed by atoms with Gasteiger partial charge in [-0.25, -0.2) is 0 Å². The Balaban J connectivity index is 3.56. The molecule has 1 N–H and O–H groups in total. The third-order valence-corrected chi connectivity index (χ3v) is 7.65. The van der Waals surface area contributed by atoms with Gasteiger partial charge in [0.1, 0.15) is 0 Å². The number of hydrogen-bond donors (Lipinski definition) is 1. The Bertz CT molecular complexity index is 243. The molecular formula is C15H31AsBNO. The molecule has 0 spiro atoms. The Morgan fingerprint density at radius 3 is 2.05 bits per heavy atom. The Kier molecular flexibility index (Phi) is 13.1. The van der Waals surface area contributed by atoms with E-state index >= 15 is 0 Å². The first-order chi connectivity index (χ1) is 9.13. The van der Waals surface area contributed by atoms with Crippen molar-refractivity contribution in [2.24, 2.45) is 0 Å². The van der Waals surface area contributed by atoms with Crippen LogP contribution in [-0.4, -0.2) is 33.1 Å². The molecule has 0 fully saturated rings. The summed E-state index contributed by atoms with van der Waals surface area (Å²) in [5.74, 6) is 2.24. The molecule has 0 aliphatic heterocycles. The molecule has 110 valence electrons. The summed E-state index contributed by atoms with van der Waals surface area (Å²) in [7, 11) is 0.547. The molecule has 0 rings (SSSR count). The number of nitrogens with zero attached hydrogens (tertiary/aromatic N) is 1. The Hall–Kier alpha value is 0.0734. The molecule has 4 heteroatoms. The van der Waals surface area contributed by atoms with Crippen LogP contribution in [0.3, 0.4) is 0 Å². The van der Waals surface area contributed by atoms with E-state index in [0.717, 1.165) is 12.8 Å². The second kappa shape index (κ2) is 13.1. The normalized spacial score (nSPS) is 14.1. The Morgan fingerprint density at radius 1 is 1.05 bits per heavy atom. The van der Waals surface area contributed by atoms with Gasteiger partial charge in [-0.15, -0.1) is 0 Å². The summed E-state index contributed by atoms with van der Waals surface area (Å²) in [5.41, 5.74) is 4.48. The molecule has 0 heterocycles. The van der Waals surface area contributed by atoms with Gasteiger partial charge in [-0.05, 0) is 0 Å². The van der Waals surface area contributed by atoms with Gasteiger partial charge in [-0.1, -0.05) is 0 Å². The van der Waals surface area contributed by atoms with Crippen molar-refractivity contribution in [3.8, 4) is 5.97 Å². The summed E-state index contributed by atoms with van der Waals surface area (Å²) >= 11 is -0.977. The van der Waals surface area contributed by atoms with Crippen molar-refractivity contribution in [2.45, 2.75) is 86.8 Å². The van der Waals surface area contributed by atoms with Crippen LogP contribution in [0.15, 0.2) is 0 Å². The van der Waals surface area contributed by atoms with Gasteiger partial charge in [0, 0.05) is 0 Å². The molecule has 0 radical (unpaired) electrons.